The van der Waals surface area contributed by atoms with Gasteiger partial charge in [-0.1, -0.05) is 11.2 Å². The zero-order chi connectivity index (χ0) is 22.6. The number of hydrogen-bond acceptors (Lipinski definition) is 7. The number of amidine groups is 1. The van der Waals surface area contributed by atoms with Gasteiger partial charge in [-0.25, -0.2) is 4.79 Å². The van der Waals surface area contributed by atoms with Gasteiger partial charge >= 0.3 is 17.8 Å². The van der Waals surface area contributed by atoms with Gasteiger partial charge in [0.05, 0.1) is 10.5 Å². The molecule has 0 bridgehead atoms. The number of hydrogen-bond donors (Lipinski definition) is 1. The monoisotopic (exact) mass is 451 g/mol. The molecule has 0 unspecified atom stereocenters. The van der Waals surface area contributed by atoms with Gasteiger partial charge < -0.3 is 15.3 Å². The summed E-state index contributed by atoms with van der Waals surface area (Å²) in [5.41, 5.74) is 4.12. The van der Waals surface area contributed by atoms with Crippen LogP contribution in [0.2, 0.25) is 0 Å². The molecule has 8 nitrogen and oxygen atoms in total. The number of nitro benzene ring substituents is 1. The van der Waals surface area contributed by atoms with Crippen molar-refractivity contribution in [2.45, 2.75) is 6.18 Å². The maximum absolute atomic E-state index is 12.8. The van der Waals surface area contributed by atoms with E-state index in [-0.39, 0.29) is 17.3 Å². The second-order valence-electron chi connectivity index (χ2n) is 5.90. The number of carbonyl (C=O) groups excluding carboxylic acids is 1. The smallest absolute Gasteiger partial charge is 0.416 e. The highest BCUT2D eigenvalue weighted by Gasteiger charge is 2.33. The highest BCUT2D eigenvalue weighted by Crippen LogP contribution is 2.37. The Morgan fingerprint density at radius 2 is 1.84 bits per heavy atom. The molecule has 0 saturated carbocycles. The topological polar surface area (TPSA) is 117 Å². The quantitative estimate of drug-likeness (QED) is 0.186. The van der Waals surface area contributed by atoms with E-state index in [9.17, 15) is 28.1 Å². The molecule has 0 radical (unpaired) electrons. The fraction of sp³-hybridized carbons (Fsp3) is 0.0526. The number of thiophene rings is 1. The molecule has 0 aliphatic heterocycles. The molecule has 2 N–H and O–H groups in total. The van der Waals surface area contributed by atoms with Crippen LogP contribution in [0.5, 0.6) is 11.5 Å². The van der Waals surface area contributed by atoms with Crippen molar-refractivity contribution in [1.29, 1.82) is 0 Å². The van der Waals surface area contributed by atoms with E-state index < -0.39 is 28.3 Å². The van der Waals surface area contributed by atoms with Crippen LogP contribution in [0.4, 0.5) is 18.9 Å². The molecule has 0 saturated heterocycles. The summed E-state index contributed by atoms with van der Waals surface area (Å²) >= 11 is 1.18. The summed E-state index contributed by atoms with van der Waals surface area (Å²) in [6.07, 6.45) is -4.73. The average Bonchev–Trinajstić information content (AvgIpc) is 3.26. The molecule has 12 heteroatoms. The van der Waals surface area contributed by atoms with E-state index in [1.807, 2.05) is 0 Å². The van der Waals surface area contributed by atoms with Gasteiger partial charge in [0.15, 0.2) is 5.84 Å². The minimum Gasteiger partial charge on any atom is -0.450 e. The van der Waals surface area contributed by atoms with Gasteiger partial charge in [-0.2, -0.15) is 13.2 Å². The first kappa shape index (κ1) is 21.8. The van der Waals surface area contributed by atoms with E-state index >= 15 is 0 Å². The fourth-order valence-electron chi connectivity index (χ4n) is 2.33. The summed E-state index contributed by atoms with van der Waals surface area (Å²) < 4.78 is 43.7. The standard InChI is InChI=1S/C19H12F3N3O5S/c20-19(21,22)12-5-8-15(14(10-12)25(27)28)29-13-6-3-11(4-7-13)17(23)24-30-18(26)16-2-1-9-31-16/h1-10H,(H2,23,24). The molecule has 0 fully saturated rings. The van der Waals surface area contributed by atoms with Gasteiger partial charge in [0.2, 0.25) is 5.75 Å². The number of nitrogens with zero attached hydrogens (tertiary/aromatic N) is 2. The Bertz CT molecular complexity index is 1130. The Balaban J connectivity index is 1.74. The van der Waals surface area contributed by atoms with E-state index in [1.165, 1.54) is 35.6 Å². The number of alkyl halides is 3. The number of oxime groups is 1. The first-order valence-electron chi connectivity index (χ1n) is 8.37. The number of carbonyl (C=O) groups is 1. The second-order valence-corrected chi connectivity index (χ2v) is 6.84. The van der Waals surface area contributed by atoms with E-state index in [0.717, 1.165) is 6.07 Å². The molecule has 3 rings (SSSR count). The maximum atomic E-state index is 12.8. The van der Waals surface area contributed by atoms with Gasteiger partial charge in [-0.3, -0.25) is 10.1 Å². The first-order chi connectivity index (χ1) is 14.6. The molecular formula is C19H12F3N3O5S. The van der Waals surface area contributed by atoms with Crippen molar-refractivity contribution in [3.8, 4) is 11.5 Å². The second kappa shape index (κ2) is 8.83. The Labute approximate surface area is 176 Å². The zero-order valence-electron chi connectivity index (χ0n) is 15.3. The highest BCUT2D eigenvalue weighted by atomic mass is 32.1. The largest absolute Gasteiger partial charge is 0.450 e. The van der Waals surface area contributed by atoms with Crippen molar-refractivity contribution in [1.82, 2.24) is 0 Å². The van der Waals surface area contributed by atoms with E-state index in [2.05, 4.69) is 5.16 Å². The lowest BCUT2D eigenvalue weighted by atomic mass is 10.1. The summed E-state index contributed by atoms with van der Waals surface area (Å²) in [5, 5.41) is 16.4. The molecule has 0 spiro atoms. The molecule has 3 aromatic rings. The molecule has 160 valence electrons. The van der Waals surface area contributed by atoms with Gasteiger partial charge in [0, 0.05) is 11.6 Å². The summed E-state index contributed by atoms with van der Waals surface area (Å²) in [6.45, 7) is 0. The number of ether oxygens (including phenoxy) is 1. The minimum absolute atomic E-state index is 0.106. The van der Waals surface area contributed by atoms with E-state index in [0.29, 0.717) is 22.6 Å². The van der Waals surface area contributed by atoms with Crippen LogP contribution in [0.25, 0.3) is 0 Å². The summed E-state index contributed by atoms with van der Waals surface area (Å²) in [4.78, 5) is 27.0. The number of nitro groups is 1. The predicted octanol–water partition coefficient (Wildman–Crippen LogP) is 4.94. The van der Waals surface area contributed by atoms with Crippen molar-refractivity contribution in [2.24, 2.45) is 10.9 Å². The molecule has 1 aromatic heterocycles. The van der Waals surface area contributed by atoms with Crippen LogP contribution in [0.1, 0.15) is 20.8 Å². The lowest BCUT2D eigenvalue weighted by molar-refractivity contribution is -0.385. The van der Waals surface area contributed by atoms with Crippen molar-refractivity contribution in [3.63, 3.8) is 0 Å². The van der Waals surface area contributed by atoms with Gasteiger partial charge in [-0.05, 0) is 47.8 Å². The van der Waals surface area contributed by atoms with Crippen LogP contribution in [0.15, 0.2) is 65.1 Å². The third-order valence-electron chi connectivity index (χ3n) is 3.81. The number of benzene rings is 2. The third-order valence-corrected chi connectivity index (χ3v) is 4.66. The number of rotatable bonds is 6. The van der Waals surface area contributed by atoms with Crippen molar-refractivity contribution < 1.29 is 32.5 Å². The van der Waals surface area contributed by atoms with Crippen LogP contribution in [-0.2, 0) is 11.0 Å². The molecule has 0 amide bonds. The Morgan fingerprint density at radius 1 is 1.13 bits per heavy atom. The van der Waals surface area contributed by atoms with Crippen LogP contribution in [0, 0.1) is 10.1 Å². The maximum Gasteiger partial charge on any atom is 0.416 e. The van der Waals surface area contributed by atoms with E-state index in [4.69, 9.17) is 15.3 Å². The van der Waals surface area contributed by atoms with Crippen LogP contribution >= 0.6 is 11.3 Å². The van der Waals surface area contributed by atoms with E-state index in [1.54, 1.807) is 17.5 Å². The van der Waals surface area contributed by atoms with Gasteiger partial charge in [-0.15, -0.1) is 11.3 Å². The molecule has 31 heavy (non-hydrogen) atoms. The number of nitrogens with two attached hydrogens (primary N) is 1. The normalized spacial score (nSPS) is 11.8. The summed E-state index contributed by atoms with van der Waals surface area (Å²) in [5.74, 6) is -1.04. The SMILES string of the molecule is N/C(=N/OC(=O)c1cccs1)c1ccc(Oc2ccc(C(F)(F)F)cc2[N+](=O)[O-])cc1. The highest BCUT2D eigenvalue weighted by molar-refractivity contribution is 7.11. The van der Waals surface area contributed by atoms with Crippen molar-refractivity contribution >= 4 is 28.8 Å². The molecule has 2 aromatic carbocycles. The van der Waals surface area contributed by atoms with Crippen LogP contribution in [0.3, 0.4) is 0 Å². The average molecular weight is 451 g/mol. The van der Waals surface area contributed by atoms with Crippen LogP contribution < -0.4 is 10.5 Å². The summed E-state index contributed by atoms with van der Waals surface area (Å²) in [6, 6.07) is 10.8. The zero-order valence-corrected chi connectivity index (χ0v) is 16.1. The van der Waals surface area contributed by atoms with Gasteiger partial charge in [0.1, 0.15) is 10.6 Å². The lowest BCUT2D eigenvalue weighted by Gasteiger charge is -2.10. The molecular weight excluding hydrogens is 439 g/mol. The van der Waals surface area contributed by atoms with Gasteiger partial charge in [0.25, 0.3) is 0 Å². The Kier molecular flexibility index (Phi) is 6.20. The first-order valence-corrected chi connectivity index (χ1v) is 9.25. The molecule has 0 atom stereocenters. The molecule has 0 aliphatic rings. The Morgan fingerprint density at radius 3 is 2.42 bits per heavy atom. The Hall–Kier alpha value is -3.93. The van der Waals surface area contributed by atoms with Crippen molar-refractivity contribution in [3.05, 3.63) is 86.1 Å². The minimum atomic E-state index is -4.73. The van der Waals surface area contributed by atoms with Crippen LogP contribution in [-0.4, -0.2) is 16.7 Å². The number of halogens is 3. The lowest BCUT2D eigenvalue weighted by Crippen LogP contribution is -2.15. The predicted molar refractivity (Wildman–Crippen MR) is 105 cm³/mol. The van der Waals surface area contributed by atoms with Crippen molar-refractivity contribution in [2.75, 3.05) is 0 Å². The third kappa shape index (κ3) is 5.36. The fourth-order valence-corrected chi connectivity index (χ4v) is 2.92. The molecule has 1 heterocycles. The molecule has 0 aliphatic carbocycles. The summed E-state index contributed by atoms with van der Waals surface area (Å²) in [7, 11) is 0.